The van der Waals surface area contributed by atoms with Crippen LogP contribution in [-0.2, 0) is 9.84 Å². The van der Waals surface area contributed by atoms with Gasteiger partial charge in [-0.25, -0.2) is 8.42 Å². The first kappa shape index (κ1) is 13.7. The molecule has 0 radical (unpaired) electrons. The molecule has 1 N–H and O–H groups in total. The smallest absolute Gasteiger partial charge is 0.155 e. The van der Waals surface area contributed by atoms with Gasteiger partial charge in [0.15, 0.2) is 9.84 Å². The van der Waals surface area contributed by atoms with Gasteiger partial charge in [-0.05, 0) is 33.1 Å². The van der Waals surface area contributed by atoms with Crippen molar-refractivity contribution >= 4 is 9.84 Å². The van der Waals surface area contributed by atoms with Crippen LogP contribution in [0.4, 0.5) is 0 Å². The van der Waals surface area contributed by atoms with Gasteiger partial charge in [-0.3, -0.25) is 0 Å². The Labute approximate surface area is 86.8 Å². The topological polar surface area (TPSA) is 54.4 Å². The predicted molar refractivity (Wildman–Crippen MR) is 59.0 cm³/mol. The van der Waals surface area contributed by atoms with Crippen LogP contribution in [0.5, 0.6) is 0 Å². The fourth-order valence-corrected chi connectivity index (χ4v) is 1.66. The third-order valence-electron chi connectivity index (χ3n) is 2.64. The van der Waals surface area contributed by atoms with Crippen molar-refractivity contribution in [3.8, 4) is 0 Å². The molecule has 0 rings (SSSR count). The summed E-state index contributed by atoms with van der Waals surface area (Å²) in [6, 6.07) is 0. The lowest BCUT2D eigenvalue weighted by molar-refractivity contribution is 0.126. The number of aliphatic hydroxyl groups is 1. The first-order valence-electron chi connectivity index (χ1n) is 4.72. The summed E-state index contributed by atoms with van der Waals surface area (Å²) < 4.78 is 21.6. The van der Waals surface area contributed by atoms with Crippen molar-refractivity contribution in [2.75, 3.05) is 6.26 Å². The number of allylic oxidation sites excluding steroid dienone is 1. The van der Waals surface area contributed by atoms with E-state index in [0.717, 1.165) is 19.1 Å². The fraction of sp³-hybridized carbons (Fsp3) is 0.800. The van der Waals surface area contributed by atoms with Crippen molar-refractivity contribution in [3.05, 3.63) is 12.7 Å². The monoisotopic (exact) mass is 220 g/mol. The Hall–Kier alpha value is -0.350. The van der Waals surface area contributed by atoms with Crippen LogP contribution < -0.4 is 0 Å². The van der Waals surface area contributed by atoms with Crippen molar-refractivity contribution in [1.82, 2.24) is 0 Å². The highest BCUT2D eigenvalue weighted by Crippen LogP contribution is 2.23. The minimum absolute atomic E-state index is 0.492. The van der Waals surface area contributed by atoms with Crippen LogP contribution in [0.15, 0.2) is 12.7 Å². The van der Waals surface area contributed by atoms with Crippen molar-refractivity contribution in [1.29, 1.82) is 0 Å². The van der Waals surface area contributed by atoms with Gasteiger partial charge in [-0.2, -0.15) is 0 Å². The van der Waals surface area contributed by atoms with E-state index in [-0.39, 0.29) is 0 Å². The highest BCUT2D eigenvalue weighted by molar-refractivity contribution is 7.92. The number of unbranched alkanes of at least 4 members (excludes halogenated alkanes) is 1. The summed E-state index contributed by atoms with van der Waals surface area (Å²) in [5, 5.41) is 9.73. The van der Waals surface area contributed by atoms with Crippen LogP contribution in [0.1, 0.15) is 33.1 Å². The largest absolute Gasteiger partial charge is 0.392 e. The van der Waals surface area contributed by atoms with Crippen LogP contribution in [0.3, 0.4) is 0 Å². The molecule has 0 aromatic heterocycles. The molecular weight excluding hydrogens is 200 g/mol. The molecule has 0 aliphatic rings. The second-order valence-electron chi connectivity index (χ2n) is 4.11. The number of rotatable bonds is 6. The molecule has 84 valence electrons. The molecule has 0 aromatic carbocycles. The summed E-state index contributed by atoms with van der Waals surface area (Å²) in [6.07, 6.45) is 4.17. The Morgan fingerprint density at radius 3 is 2.36 bits per heavy atom. The van der Waals surface area contributed by atoms with Crippen LogP contribution in [-0.4, -0.2) is 30.6 Å². The van der Waals surface area contributed by atoms with Crippen LogP contribution in [0.2, 0.25) is 0 Å². The van der Waals surface area contributed by atoms with E-state index in [4.69, 9.17) is 0 Å². The van der Waals surface area contributed by atoms with Gasteiger partial charge in [0.2, 0.25) is 0 Å². The lowest BCUT2D eigenvalue weighted by Gasteiger charge is -2.28. The van der Waals surface area contributed by atoms with E-state index in [1.54, 1.807) is 19.9 Å². The summed E-state index contributed by atoms with van der Waals surface area (Å²) in [6.45, 7) is 6.68. The minimum atomic E-state index is -3.21. The second kappa shape index (κ2) is 4.94. The molecule has 0 aromatic rings. The van der Waals surface area contributed by atoms with Gasteiger partial charge in [-0.15, -0.1) is 6.58 Å². The molecule has 0 heterocycles. The lowest BCUT2D eigenvalue weighted by atomic mass is 10.0. The predicted octanol–water partition coefficient (Wildman–Crippen LogP) is 1.53. The summed E-state index contributed by atoms with van der Waals surface area (Å²) in [7, 11) is -3.21. The average molecular weight is 220 g/mol. The van der Waals surface area contributed by atoms with E-state index < -0.39 is 20.7 Å². The first-order chi connectivity index (χ1) is 6.23. The number of sulfone groups is 1. The molecule has 1 atom stereocenters. The zero-order valence-corrected chi connectivity index (χ0v) is 9.97. The molecule has 1 unspecified atom stereocenters. The number of hydrogen-bond acceptors (Lipinski definition) is 3. The van der Waals surface area contributed by atoms with Crippen LogP contribution >= 0.6 is 0 Å². The molecule has 0 saturated carbocycles. The van der Waals surface area contributed by atoms with Gasteiger partial charge in [-0.1, -0.05) is 6.08 Å². The quantitative estimate of drug-likeness (QED) is 0.545. The standard InChI is InChI=1S/C10H20O3S/c1-5-6-7-8-9(11)10(2,3)14(4,12)13/h5,9,11H,1,6-8H2,2-4H3. The highest BCUT2D eigenvalue weighted by Gasteiger charge is 2.37. The van der Waals surface area contributed by atoms with Crippen molar-refractivity contribution in [2.24, 2.45) is 0 Å². The van der Waals surface area contributed by atoms with Crippen molar-refractivity contribution in [2.45, 2.75) is 44.0 Å². The van der Waals surface area contributed by atoms with E-state index in [9.17, 15) is 13.5 Å². The summed E-state index contributed by atoms with van der Waals surface area (Å²) in [5.74, 6) is 0. The van der Waals surface area contributed by atoms with Crippen molar-refractivity contribution in [3.63, 3.8) is 0 Å². The number of aliphatic hydroxyl groups excluding tert-OH is 1. The Morgan fingerprint density at radius 1 is 1.50 bits per heavy atom. The molecule has 0 bridgehead atoms. The molecular formula is C10H20O3S. The summed E-state index contributed by atoms with van der Waals surface area (Å²) in [5.41, 5.74) is 0. The molecule has 0 spiro atoms. The Morgan fingerprint density at radius 2 is 2.00 bits per heavy atom. The van der Waals surface area contributed by atoms with Gasteiger partial charge < -0.3 is 5.11 Å². The van der Waals surface area contributed by atoms with Gasteiger partial charge in [0.1, 0.15) is 0 Å². The normalized spacial score (nSPS) is 15.1. The molecule has 0 amide bonds. The third-order valence-corrected chi connectivity index (χ3v) is 4.83. The zero-order valence-electron chi connectivity index (χ0n) is 9.16. The zero-order chi connectivity index (χ0) is 11.4. The molecule has 0 aliphatic carbocycles. The lowest BCUT2D eigenvalue weighted by Crippen LogP contribution is -2.43. The van der Waals surface area contributed by atoms with E-state index in [1.807, 2.05) is 0 Å². The molecule has 4 heteroatoms. The van der Waals surface area contributed by atoms with E-state index in [1.165, 1.54) is 0 Å². The van der Waals surface area contributed by atoms with E-state index in [0.29, 0.717) is 6.42 Å². The van der Waals surface area contributed by atoms with E-state index in [2.05, 4.69) is 6.58 Å². The maximum absolute atomic E-state index is 11.3. The molecule has 3 nitrogen and oxygen atoms in total. The molecule has 0 fully saturated rings. The first-order valence-corrected chi connectivity index (χ1v) is 6.61. The van der Waals surface area contributed by atoms with Crippen LogP contribution in [0.25, 0.3) is 0 Å². The maximum Gasteiger partial charge on any atom is 0.155 e. The second-order valence-corrected chi connectivity index (χ2v) is 6.71. The molecule has 14 heavy (non-hydrogen) atoms. The summed E-state index contributed by atoms with van der Waals surface area (Å²) in [4.78, 5) is 0. The van der Waals surface area contributed by atoms with Crippen LogP contribution in [0, 0.1) is 0 Å². The van der Waals surface area contributed by atoms with Gasteiger partial charge in [0.25, 0.3) is 0 Å². The van der Waals surface area contributed by atoms with Gasteiger partial charge in [0.05, 0.1) is 10.9 Å². The molecule has 0 saturated heterocycles. The van der Waals surface area contributed by atoms with Gasteiger partial charge >= 0.3 is 0 Å². The Kier molecular flexibility index (Phi) is 4.81. The Balaban J connectivity index is 4.37. The van der Waals surface area contributed by atoms with Crippen molar-refractivity contribution < 1.29 is 13.5 Å². The summed E-state index contributed by atoms with van der Waals surface area (Å²) >= 11 is 0. The third kappa shape index (κ3) is 3.42. The minimum Gasteiger partial charge on any atom is -0.392 e. The SMILES string of the molecule is C=CCCCC(O)C(C)(C)S(C)(=O)=O. The number of hydrogen-bond donors (Lipinski definition) is 1. The molecule has 0 aliphatic heterocycles. The fourth-order valence-electron chi connectivity index (χ4n) is 1.05. The Bertz CT molecular complexity index is 278. The van der Waals surface area contributed by atoms with E-state index >= 15 is 0 Å². The maximum atomic E-state index is 11.3. The van der Waals surface area contributed by atoms with Gasteiger partial charge in [0, 0.05) is 6.26 Å². The highest BCUT2D eigenvalue weighted by atomic mass is 32.2. The average Bonchev–Trinajstić information content (AvgIpc) is 2.02.